The lowest BCUT2D eigenvalue weighted by atomic mass is 10.2. The number of methoxy groups -OCH3 is 1. The van der Waals surface area contributed by atoms with E-state index in [1.54, 1.807) is 66.1 Å². The molecular formula is C20H32N2O7S+2. The van der Waals surface area contributed by atoms with Crippen molar-refractivity contribution in [2.45, 2.75) is 51.9 Å². The van der Waals surface area contributed by atoms with Crippen LogP contribution in [0, 0.1) is 0 Å². The number of amides is 2. The molecule has 1 saturated heterocycles. The van der Waals surface area contributed by atoms with Crippen LogP contribution in [-0.2, 0) is 20.7 Å². The Labute approximate surface area is 180 Å². The second kappa shape index (κ2) is 8.62. The SMILES string of the molecule is COC(=O)[N@+]1(C(=O)OC(C)(C)C)C[C@H](Oc2ccc([N+](C)(C)S(=O)O)cc2)C[C@H]1C. The first-order chi connectivity index (χ1) is 13.7. The van der Waals surface area contributed by atoms with E-state index in [9.17, 15) is 18.4 Å². The number of benzene rings is 1. The molecule has 1 fully saturated rings. The molecule has 1 N–H and O–H groups in total. The Morgan fingerprint density at radius 1 is 1.17 bits per heavy atom. The molecule has 0 bridgehead atoms. The molecule has 30 heavy (non-hydrogen) atoms. The van der Waals surface area contributed by atoms with E-state index in [1.807, 2.05) is 0 Å². The van der Waals surface area contributed by atoms with E-state index in [4.69, 9.17) is 14.2 Å². The Bertz CT molecular complexity index is 819. The van der Waals surface area contributed by atoms with Gasteiger partial charge in [-0.25, -0.2) is 0 Å². The number of rotatable bonds is 4. The van der Waals surface area contributed by atoms with E-state index in [0.717, 1.165) is 0 Å². The zero-order valence-electron chi connectivity index (χ0n) is 18.6. The molecule has 168 valence electrons. The normalized spacial score (nSPS) is 25.5. The first kappa shape index (κ1) is 24.3. The van der Waals surface area contributed by atoms with Gasteiger partial charge in [0.05, 0.1) is 21.2 Å². The molecular weight excluding hydrogens is 412 g/mol. The fourth-order valence-corrected chi connectivity index (χ4v) is 3.78. The fraction of sp³-hybridized carbons (Fsp3) is 0.600. The fourth-order valence-electron chi connectivity index (χ4n) is 3.48. The minimum atomic E-state index is -2.08. The molecule has 4 atom stereocenters. The van der Waals surface area contributed by atoms with Gasteiger partial charge in [0, 0.05) is 18.6 Å². The van der Waals surface area contributed by atoms with Crippen LogP contribution in [0.1, 0.15) is 34.1 Å². The van der Waals surface area contributed by atoms with Crippen molar-refractivity contribution in [3.8, 4) is 5.75 Å². The van der Waals surface area contributed by atoms with Gasteiger partial charge in [-0.1, -0.05) is 0 Å². The van der Waals surface area contributed by atoms with E-state index < -0.39 is 39.6 Å². The summed E-state index contributed by atoms with van der Waals surface area (Å²) < 4.78 is 36.6. The van der Waals surface area contributed by atoms with Gasteiger partial charge in [0.15, 0.2) is 6.10 Å². The lowest BCUT2D eigenvalue weighted by molar-refractivity contribution is -0.798. The molecule has 2 rings (SSSR count). The maximum absolute atomic E-state index is 12.9. The molecule has 1 heterocycles. The number of hydrogen-bond acceptors (Lipinski definition) is 6. The van der Waals surface area contributed by atoms with Gasteiger partial charge >= 0.3 is 23.5 Å². The van der Waals surface area contributed by atoms with Gasteiger partial charge in [0.1, 0.15) is 29.6 Å². The molecule has 0 radical (unpaired) electrons. The summed E-state index contributed by atoms with van der Waals surface area (Å²) in [6, 6.07) is 6.43. The summed E-state index contributed by atoms with van der Waals surface area (Å²) in [7, 11) is 4.48. The van der Waals surface area contributed by atoms with Crippen LogP contribution in [0.25, 0.3) is 0 Å². The Morgan fingerprint density at radius 3 is 2.20 bits per heavy atom. The molecule has 1 unspecified atom stereocenters. The number of carbonyl (C=O) groups is 2. The van der Waals surface area contributed by atoms with E-state index in [0.29, 0.717) is 17.9 Å². The van der Waals surface area contributed by atoms with Gasteiger partial charge in [-0.05, 0) is 39.8 Å². The Hall–Kier alpha value is -2.01. The number of quaternary nitrogens is 2. The largest absolute Gasteiger partial charge is 0.527 e. The summed E-state index contributed by atoms with van der Waals surface area (Å²) in [6.07, 6.45) is -1.29. The van der Waals surface area contributed by atoms with Crippen molar-refractivity contribution in [1.29, 1.82) is 0 Å². The first-order valence-corrected chi connectivity index (χ1v) is 10.7. The zero-order chi connectivity index (χ0) is 22.9. The average Bonchev–Trinajstić information content (AvgIpc) is 2.97. The van der Waals surface area contributed by atoms with Gasteiger partial charge in [0.2, 0.25) is 0 Å². The maximum atomic E-state index is 12.9. The minimum absolute atomic E-state index is 0.0900. The summed E-state index contributed by atoms with van der Waals surface area (Å²) in [5.74, 6) is 0.536. The molecule has 1 aliphatic heterocycles. The van der Waals surface area contributed by atoms with Crippen LogP contribution in [0.3, 0.4) is 0 Å². The number of likely N-dealkylation sites (tertiary alicyclic amines) is 1. The first-order valence-electron chi connectivity index (χ1n) is 9.66. The Morgan fingerprint density at radius 2 is 1.73 bits per heavy atom. The lowest BCUT2D eigenvalue weighted by Crippen LogP contribution is -2.61. The molecule has 10 heteroatoms. The number of hydrogen-bond donors (Lipinski definition) is 1. The van der Waals surface area contributed by atoms with Crippen LogP contribution >= 0.6 is 0 Å². The van der Waals surface area contributed by atoms with Gasteiger partial charge in [0.25, 0.3) is 0 Å². The lowest BCUT2D eigenvalue weighted by Gasteiger charge is -2.32. The highest BCUT2D eigenvalue weighted by Crippen LogP contribution is 2.34. The highest BCUT2D eigenvalue weighted by atomic mass is 32.2. The molecule has 0 aliphatic carbocycles. The summed E-state index contributed by atoms with van der Waals surface area (Å²) >= 11 is -2.08. The van der Waals surface area contributed by atoms with Gasteiger partial charge in [-0.15, -0.1) is 4.48 Å². The van der Waals surface area contributed by atoms with Crippen molar-refractivity contribution in [2.24, 2.45) is 0 Å². The van der Waals surface area contributed by atoms with Crippen LogP contribution < -0.4 is 8.63 Å². The number of nitrogens with zero attached hydrogens (tertiary/aromatic N) is 2. The van der Waals surface area contributed by atoms with Crippen molar-refractivity contribution >= 4 is 29.1 Å². The highest BCUT2D eigenvalue weighted by molar-refractivity contribution is 7.78. The molecule has 1 aromatic rings. The monoisotopic (exact) mass is 444 g/mol. The van der Waals surface area contributed by atoms with Crippen LogP contribution in [0.5, 0.6) is 5.75 Å². The van der Waals surface area contributed by atoms with Crippen molar-refractivity contribution in [1.82, 2.24) is 3.89 Å². The highest BCUT2D eigenvalue weighted by Gasteiger charge is 2.60. The van der Waals surface area contributed by atoms with Crippen LogP contribution in [0.4, 0.5) is 15.3 Å². The Kier molecular flexibility index (Phi) is 6.97. The zero-order valence-corrected chi connectivity index (χ0v) is 19.4. The van der Waals surface area contributed by atoms with E-state index in [2.05, 4.69) is 0 Å². The molecule has 0 saturated carbocycles. The predicted molar refractivity (Wildman–Crippen MR) is 113 cm³/mol. The summed E-state index contributed by atoms with van der Waals surface area (Å²) in [6.45, 7) is 7.12. The van der Waals surface area contributed by atoms with E-state index >= 15 is 0 Å². The third-order valence-corrected chi connectivity index (χ3v) is 6.21. The molecule has 1 aromatic carbocycles. The predicted octanol–water partition coefficient (Wildman–Crippen LogP) is 3.45. The summed E-state index contributed by atoms with van der Waals surface area (Å²) in [5, 5.41) is 0. The topological polar surface area (TPSA) is 99.1 Å². The van der Waals surface area contributed by atoms with Gasteiger partial charge in [-0.2, -0.15) is 17.7 Å². The van der Waals surface area contributed by atoms with Crippen molar-refractivity contribution in [3.05, 3.63) is 24.3 Å². The smallest absolute Gasteiger partial charge is 0.484 e. The van der Waals surface area contributed by atoms with E-state index in [-0.39, 0.29) is 16.5 Å². The van der Waals surface area contributed by atoms with Crippen LogP contribution in [0.2, 0.25) is 0 Å². The summed E-state index contributed by atoms with van der Waals surface area (Å²) in [5.41, 5.74) is -0.112. The van der Waals surface area contributed by atoms with Crippen molar-refractivity contribution in [2.75, 3.05) is 27.7 Å². The molecule has 0 aromatic heterocycles. The number of imide groups is 1. The Balaban J connectivity index is 2.22. The third kappa shape index (κ3) is 4.83. The van der Waals surface area contributed by atoms with Gasteiger partial charge < -0.3 is 14.2 Å². The summed E-state index contributed by atoms with van der Waals surface area (Å²) in [4.78, 5) is 25.6. The minimum Gasteiger partial charge on any atom is -0.484 e. The van der Waals surface area contributed by atoms with Gasteiger partial charge in [-0.3, -0.25) is 4.55 Å². The van der Waals surface area contributed by atoms with E-state index in [1.165, 1.54) is 7.11 Å². The number of ether oxygens (including phenoxy) is 3. The second-order valence-corrected chi connectivity index (χ2v) is 10.3. The molecule has 2 amide bonds. The quantitative estimate of drug-likeness (QED) is 0.561. The van der Waals surface area contributed by atoms with Crippen molar-refractivity contribution in [3.63, 3.8) is 0 Å². The van der Waals surface area contributed by atoms with Crippen LogP contribution in [-0.4, -0.2) is 70.9 Å². The number of carbonyl (C=O) groups excluding carboxylic acids is 2. The standard InChI is InChI=1S/C20H31N2O7S/c1-14-12-17(13-22(14,18(23)27-7)19(24)29-20(2,3)4)28-16-10-8-15(9-11-16)21(5,6)30(25)26/h8-11,14,17H,12-13H2,1-7H3/q+1/p+1/t14-,17-,22+/m1/s1. The second-order valence-electron chi connectivity index (χ2n) is 8.90. The maximum Gasteiger partial charge on any atom is 0.527 e. The molecule has 0 spiro atoms. The van der Waals surface area contributed by atoms with Crippen molar-refractivity contribution < 1.29 is 37.0 Å². The molecule has 1 aliphatic rings. The van der Waals surface area contributed by atoms with Crippen LogP contribution in [0.15, 0.2) is 24.3 Å². The molecule has 9 nitrogen and oxygen atoms in total. The average molecular weight is 445 g/mol. The third-order valence-electron chi connectivity index (χ3n) is 5.22.